The van der Waals surface area contributed by atoms with E-state index in [-0.39, 0.29) is 23.9 Å². The summed E-state index contributed by atoms with van der Waals surface area (Å²) in [6.45, 7) is 6.76. The minimum Gasteiger partial charge on any atom is -0.508 e. The number of phenols is 1. The SMILES string of the molecule is CC(=O)COCCOCCOCCCC[C@@H]1Cc2cc(O)ccc2[C@H]2CC[C@]3(C)[C@@H](O)CC[C@H]3[C@H]12. The summed E-state index contributed by atoms with van der Waals surface area (Å²) in [7, 11) is 0. The molecule has 0 heterocycles. The van der Waals surface area contributed by atoms with Gasteiger partial charge < -0.3 is 24.4 Å². The number of carbonyl (C=O) groups excluding carboxylic acids is 1. The number of benzene rings is 1. The Morgan fingerprint density at radius 2 is 1.77 bits per heavy atom. The zero-order valence-corrected chi connectivity index (χ0v) is 21.5. The molecule has 3 aliphatic carbocycles. The van der Waals surface area contributed by atoms with E-state index in [1.54, 1.807) is 0 Å². The summed E-state index contributed by atoms with van der Waals surface area (Å²) in [6, 6.07) is 6.01. The fourth-order valence-corrected chi connectivity index (χ4v) is 7.30. The summed E-state index contributed by atoms with van der Waals surface area (Å²) in [5.41, 5.74) is 2.84. The third-order valence-electron chi connectivity index (χ3n) is 9.00. The molecule has 4 rings (SSSR count). The van der Waals surface area contributed by atoms with Gasteiger partial charge >= 0.3 is 0 Å². The molecule has 0 aromatic heterocycles. The lowest BCUT2D eigenvalue weighted by molar-refractivity contribution is -0.122. The van der Waals surface area contributed by atoms with Crippen LogP contribution in [0.5, 0.6) is 5.75 Å². The number of fused-ring (bicyclic) bond motifs is 5. The smallest absolute Gasteiger partial charge is 0.155 e. The van der Waals surface area contributed by atoms with Crippen LogP contribution in [0.2, 0.25) is 0 Å². The lowest BCUT2D eigenvalue weighted by Gasteiger charge is -2.53. The second kappa shape index (κ2) is 12.2. The number of rotatable bonds is 13. The van der Waals surface area contributed by atoms with Gasteiger partial charge in [0.05, 0.1) is 32.5 Å². The standard InChI is InChI=1S/C29H44O6/c1-20(30)19-35-16-15-34-14-13-33-12-4-3-5-21-17-22-18-23(31)6-7-24(22)25-10-11-29(2)26(28(21)25)8-9-27(29)32/h6-7,18,21,25-28,31-32H,3-5,8-17,19H2,1-2H3/t21-,25-,26+,27+,28-,29+/m1/s1. The Hall–Kier alpha value is -1.47. The van der Waals surface area contributed by atoms with Crippen molar-refractivity contribution in [3.8, 4) is 5.75 Å². The molecule has 0 bridgehead atoms. The maximum atomic E-state index is 10.8. The van der Waals surface area contributed by atoms with Crippen LogP contribution < -0.4 is 0 Å². The monoisotopic (exact) mass is 488 g/mol. The van der Waals surface area contributed by atoms with Crippen molar-refractivity contribution in [2.75, 3.05) is 39.6 Å². The number of aliphatic hydroxyl groups is 1. The highest BCUT2D eigenvalue weighted by Gasteiger charge is 2.56. The molecule has 0 radical (unpaired) electrons. The molecule has 0 unspecified atom stereocenters. The van der Waals surface area contributed by atoms with Gasteiger partial charge in [-0.25, -0.2) is 0 Å². The molecular weight excluding hydrogens is 444 g/mol. The summed E-state index contributed by atoms with van der Waals surface area (Å²) >= 11 is 0. The fourth-order valence-electron chi connectivity index (χ4n) is 7.30. The molecule has 0 aliphatic heterocycles. The van der Waals surface area contributed by atoms with E-state index in [4.69, 9.17) is 14.2 Å². The molecular formula is C29H44O6. The van der Waals surface area contributed by atoms with Crippen molar-refractivity contribution >= 4 is 5.78 Å². The highest BCUT2D eigenvalue weighted by Crippen LogP contribution is 2.62. The fraction of sp³-hybridized carbons (Fsp3) is 0.759. The van der Waals surface area contributed by atoms with Crippen LogP contribution in [0, 0.1) is 23.2 Å². The number of carbonyl (C=O) groups is 1. The van der Waals surface area contributed by atoms with Gasteiger partial charge in [-0.3, -0.25) is 4.79 Å². The summed E-state index contributed by atoms with van der Waals surface area (Å²) in [5, 5.41) is 20.9. The number of aliphatic hydroxyl groups excluding tert-OH is 1. The first-order chi connectivity index (χ1) is 16.9. The van der Waals surface area contributed by atoms with E-state index < -0.39 is 0 Å². The highest BCUT2D eigenvalue weighted by molar-refractivity contribution is 5.76. The number of hydrogen-bond donors (Lipinski definition) is 2. The minimum absolute atomic E-state index is 0.0257. The van der Waals surface area contributed by atoms with Crippen molar-refractivity contribution in [2.24, 2.45) is 23.2 Å². The molecule has 0 saturated heterocycles. The van der Waals surface area contributed by atoms with Gasteiger partial charge in [-0.05, 0) is 104 Å². The number of ether oxygens (including phenoxy) is 3. The van der Waals surface area contributed by atoms with Crippen LogP contribution >= 0.6 is 0 Å². The second-order valence-electron chi connectivity index (χ2n) is 11.3. The Balaban J connectivity index is 1.24. The van der Waals surface area contributed by atoms with Crippen molar-refractivity contribution in [1.82, 2.24) is 0 Å². The largest absolute Gasteiger partial charge is 0.508 e. The van der Waals surface area contributed by atoms with E-state index in [9.17, 15) is 15.0 Å². The predicted molar refractivity (Wildman–Crippen MR) is 135 cm³/mol. The van der Waals surface area contributed by atoms with Crippen LogP contribution in [0.3, 0.4) is 0 Å². The van der Waals surface area contributed by atoms with Gasteiger partial charge in [-0.1, -0.05) is 19.4 Å². The molecule has 0 spiro atoms. The molecule has 35 heavy (non-hydrogen) atoms. The lowest BCUT2D eigenvalue weighted by Crippen LogP contribution is -2.47. The Morgan fingerprint density at radius 3 is 2.54 bits per heavy atom. The molecule has 1 aromatic carbocycles. The number of phenolic OH excluding ortho intramolecular Hbond substituents is 1. The zero-order valence-electron chi connectivity index (χ0n) is 21.5. The summed E-state index contributed by atoms with van der Waals surface area (Å²) in [6.07, 6.45) is 8.55. The number of unbranched alkanes of at least 4 members (excludes halogenated alkanes) is 1. The van der Waals surface area contributed by atoms with E-state index >= 15 is 0 Å². The van der Waals surface area contributed by atoms with E-state index in [0.717, 1.165) is 51.6 Å². The van der Waals surface area contributed by atoms with Crippen molar-refractivity contribution in [2.45, 2.75) is 77.2 Å². The number of hydrogen-bond acceptors (Lipinski definition) is 6. The molecule has 196 valence electrons. The van der Waals surface area contributed by atoms with Crippen molar-refractivity contribution in [3.63, 3.8) is 0 Å². The quantitative estimate of drug-likeness (QED) is 0.393. The average Bonchev–Trinajstić information content (AvgIpc) is 3.13. The second-order valence-corrected chi connectivity index (χ2v) is 11.3. The topological polar surface area (TPSA) is 85.2 Å². The lowest BCUT2D eigenvalue weighted by atomic mass is 9.52. The zero-order chi connectivity index (χ0) is 24.8. The maximum Gasteiger partial charge on any atom is 0.155 e. The van der Waals surface area contributed by atoms with Crippen molar-refractivity contribution < 1.29 is 29.2 Å². The molecule has 2 saturated carbocycles. The van der Waals surface area contributed by atoms with Gasteiger partial charge in [0.1, 0.15) is 12.4 Å². The number of aromatic hydroxyl groups is 1. The minimum atomic E-state index is -0.161. The molecule has 0 amide bonds. The average molecular weight is 489 g/mol. The van der Waals surface area contributed by atoms with E-state index in [0.29, 0.717) is 55.8 Å². The number of ketones is 1. The Bertz CT molecular complexity index is 840. The summed E-state index contributed by atoms with van der Waals surface area (Å²) in [4.78, 5) is 10.8. The molecule has 6 heteroatoms. The molecule has 1 aromatic rings. The molecule has 6 nitrogen and oxygen atoms in total. The number of Topliss-reactive ketones (excluding diaryl/α,β-unsaturated/α-hetero) is 1. The van der Waals surface area contributed by atoms with Gasteiger partial charge in [-0.15, -0.1) is 0 Å². The van der Waals surface area contributed by atoms with Crippen LogP contribution in [-0.2, 0) is 25.4 Å². The first kappa shape index (κ1) is 26.6. The molecule has 3 aliphatic rings. The molecule has 2 N–H and O–H groups in total. The maximum absolute atomic E-state index is 10.8. The predicted octanol–water partition coefficient (Wildman–Crippen LogP) is 4.64. The first-order valence-electron chi connectivity index (χ1n) is 13.6. The van der Waals surface area contributed by atoms with Gasteiger partial charge in [-0.2, -0.15) is 0 Å². The van der Waals surface area contributed by atoms with Gasteiger partial charge in [0.2, 0.25) is 0 Å². The Morgan fingerprint density at radius 1 is 1.03 bits per heavy atom. The summed E-state index contributed by atoms with van der Waals surface area (Å²) in [5.74, 6) is 2.78. The van der Waals surface area contributed by atoms with Crippen LogP contribution in [0.4, 0.5) is 0 Å². The van der Waals surface area contributed by atoms with E-state index in [2.05, 4.69) is 13.0 Å². The van der Waals surface area contributed by atoms with Crippen molar-refractivity contribution in [3.05, 3.63) is 29.3 Å². The normalized spacial score (nSPS) is 31.6. The Kier molecular flexibility index (Phi) is 9.25. The summed E-state index contributed by atoms with van der Waals surface area (Å²) < 4.78 is 16.4. The van der Waals surface area contributed by atoms with Crippen LogP contribution in [0.15, 0.2) is 18.2 Å². The third-order valence-corrected chi connectivity index (χ3v) is 9.00. The van der Waals surface area contributed by atoms with E-state index in [1.165, 1.54) is 24.5 Å². The Labute approximate surface area is 210 Å². The van der Waals surface area contributed by atoms with E-state index in [1.807, 2.05) is 12.1 Å². The van der Waals surface area contributed by atoms with Crippen LogP contribution in [0.1, 0.15) is 75.8 Å². The van der Waals surface area contributed by atoms with Gasteiger partial charge in [0.25, 0.3) is 0 Å². The van der Waals surface area contributed by atoms with Crippen LogP contribution in [0.25, 0.3) is 0 Å². The van der Waals surface area contributed by atoms with Gasteiger partial charge in [0, 0.05) is 6.61 Å². The molecule has 2 fully saturated rings. The van der Waals surface area contributed by atoms with Crippen LogP contribution in [-0.4, -0.2) is 61.7 Å². The third kappa shape index (κ3) is 6.27. The van der Waals surface area contributed by atoms with Crippen molar-refractivity contribution in [1.29, 1.82) is 0 Å². The highest BCUT2D eigenvalue weighted by atomic mass is 16.5. The molecule has 6 atom stereocenters. The first-order valence-corrected chi connectivity index (χ1v) is 13.6. The van der Waals surface area contributed by atoms with Gasteiger partial charge in [0.15, 0.2) is 5.78 Å².